The Morgan fingerprint density at radius 2 is 2.05 bits per heavy atom. The zero-order chi connectivity index (χ0) is 14.4. The highest BCUT2D eigenvalue weighted by Crippen LogP contribution is 2.24. The minimum absolute atomic E-state index is 0.223. The van der Waals surface area contributed by atoms with E-state index in [-0.39, 0.29) is 12.6 Å². The van der Waals surface area contributed by atoms with Crippen molar-refractivity contribution in [1.29, 1.82) is 0 Å². The number of amides is 1. The van der Waals surface area contributed by atoms with Crippen molar-refractivity contribution in [3.63, 3.8) is 0 Å². The van der Waals surface area contributed by atoms with Crippen molar-refractivity contribution in [3.8, 4) is 0 Å². The van der Waals surface area contributed by atoms with E-state index < -0.39 is 11.7 Å². The van der Waals surface area contributed by atoms with Crippen LogP contribution in [0, 0.1) is 0 Å². The molecule has 2 rings (SSSR count). The monoisotopic (exact) mass is 279 g/mol. The van der Waals surface area contributed by atoms with Gasteiger partial charge in [-0.15, -0.1) is 0 Å². The lowest BCUT2D eigenvalue weighted by Crippen LogP contribution is -2.53. The van der Waals surface area contributed by atoms with Crippen LogP contribution >= 0.6 is 0 Å². The average Bonchev–Trinajstić information content (AvgIpc) is 2.47. The Morgan fingerprint density at radius 1 is 1.40 bits per heavy atom. The van der Waals surface area contributed by atoms with Gasteiger partial charge in [0, 0.05) is 26.1 Å². The van der Waals surface area contributed by atoms with E-state index >= 15 is 0 Å². The fourth-order valence-electron chi connectivity index (χ4n) is 2.23. The van der Waals surface area contributed by atoms with Crippen LogP contribution in [-0.4, -0.2) is 36.1 Å². The summed E-state index contributed by atoms with van der Waals surface area (Å²) in [4.78, 5) is 11.7. The minimum Gasteiger partial charge on any atom is -0.445 e. The van der Waals surface area contributed by atoms with Crippen LogP contribution in [0.5, 0.6) is 0 Å². The van der Waals surface area contributed by atoms with Gasteiger partial charge < -0.3 is 19.9 Å². The molecule has 1 unspecified atom stereocenters. The summed E-state index contributed by atoms with van der Waals surface area (Å²) >= 11 is 0. The molecule has 0 aliphatic carbocycles. The molecule has 0 radical (unpaired) electrons. The van der Waals surface area contributed by atoms with Gasteiger partial charge in [-0.3, -0.25) is 0 Å². The SMILES string of the molecule is CC(NC(=O)OCc1ccccc1)C1(O)CCOCC1. The first-order valence-electron chi connectivity index (χ1n) is 6.87. The molecule has 1 aliphatic heterocycles. The first kappa shape index (κ1) is 14.8. The lowest BCUT2D eigenvalue weighted by atomic mass is 9.87. The third-order valence-electron chi connectivity index (χ3n) is 3.71. The molecule has 1 atom stereocenters. The smallest absolute Gasteiger partial charge is 0.407 e. The van der Waals surface area contributed by atoms with Gasteiger partial charge >= 0.3 is 6.09 Å². The molecule has 1 aromatic rings. The molecule has 1 aliphatic rings. The second-order valence-electron chi connectivity index (χ2n) is 5.14. The highest BCUT2D eigenvalue weighted by atomic mass is 16.5. The van der Waals surface area contributed by atoms with E-state index in [2.05, 4.69) is 5.32 Å². The van der Waals surface area contributed by atoms with E-state index in [1.807, 2.05) is 30.3 Å². The molecule has 1 fully saturated rings. The van der Waals surface area contributed by atoms with Gasteiger partial charge in [0.25, 0.3) is 0 Å². The third kappa shape index (κ3) is 3.95. The molecule has 1 aromatic carbocycles. The number of benzene rings is 1. The molecule has 5 nitrogen and oxygen atoms in total. The molecule has 0 spiro atoms. The van der Waals surface area contributed by atoms with Gasteiger partial charge in [-0.2, -0.15) is 0 Å². The first-order valence-corrected chi connectivity index (χ1v) is 6.87. The van der Waals surface area contributed by atoms with Gasteiger partial charge in [-0.25, -0.2) is 4.79 Å². The predicted octanol–water partition coefficient (Wildman–Crippen LogP) is 1.84. The van der Waals surface area contributed by atoms with E-state index in [9.17, 15) is 9.90 Å². The normalized spacial score (nSPS) is 19.1. The molecular weight excluding hydrogens is 258 g/mol. The van der Waals surface area contributed by atoms with Crippen molar-refractivity contribution < 1.29 is 19.4 Å². The quantitative estimate of drug-likeness (QED) is 0.882. The Labute approximate surface area is 118 Å². The maximum atomic E-state index is 11.7. The zero-order valence-corrected chi connectivity index (χ0v) is 11.7. The van der Waals surface area contributed by atoms with Crippen LogP contribution in [0.4, 0.5) is 4.79 Å². The van der Waals surface area contributed by atoms with Crippen LogP contribution in [0.1, 0.15) is 25.3 Å². The van der Waals surface area contributed by atoms with Crippen LogP contribution in [0.15, 0.2) is 30.3 Å². The van der Waals surface area contributed by atoms with Gasteiger partial charge in [0.2, 0.25) is 0 Å². The molecule has 20 heavy (non-hydrogen) atoms. The Hall–Kier alpha value is -1.59. The topological polar surface area (TPSA) is 67.8 Å². The van der Waals surface area contributed by atoms with Crippen molar-refractivity contribution in [2.45, 2.75) is 38.0 Å². The van der Waals surface area contributed by atoms with Gasteiger partial charge in [-0.05, 0) is 12.5 Å². The fourth-order valence-corrected chi connectivity index (χ4v) is 2.23. The Balaban J connectivity index is 1.79. The lowest BCUT2D eigenvalue weighted by Gasteiger charge is -2.37. The molecular formula is C15H21NO4. The van der Waals surface area contributed by atoms with E-state index in [0.717, 1.165) is 5.56 Å². The second-order valence-corrected chi connectivity index (χ2v) is 5.14. The van der Waals surface area contributed by atoms with Crippen molar-refractivity contribution in [3.05, 3.63) is 35.9 Å². The first-order chi connectivity index (χ1) is 9.60. The third-order valence-corrected chi connectivity index (χ3v) is 3.71. The van der Waals surface area contributed by atoms with Crippen molar-refractivity contribution in [1.82, 2.24) is 5.32 Å². The maximum absolute atomic E-state index is 11.7. The molecule has 0 saturated carbocycles. The van der Waals surface area contributed by atoms with Gasteiger partial charge in [0.05, 0.1) is 11.6 Å². The van der Waals surface area contributed by atoms with E-state index in [0.29, 0.717) is 26.1 Å². The summed E-state index contributed by atoms with van der Waals surface area (Å²) in [7, 11) is 0. The molecule has 1 heterocycles. The largest absolute Gasteiger partial charge is 0.445 e. The molecule has 1 saturated heterocycles. The summed E-state index contributed by atoms with van der Waals surface area (Å²) in [5.74, 6) is 0. The maximum Gasteiger partial charge on any atom is 0.407 e. The van der Waals surface area contributed by atoms with Crippen LogP contribution in [0.2, 0.25) is 0 Å². The fraction of sp³-hybridized carbons (Fsp3) is 0.533. The standard InChI is InChI=1S/C15H21NO4/c1-12(15(18)7-9-19-10-8-15)16-14(17)20-11-13-5-3-2-4-6-13/h2-6,12,18H,7-11H2,1H3,(H,16,17). The molecule has 0 aromatic heterocycles. The number of carbonyl (C=O) groups excluding carboxylic acids is 1. The highest BCUT2D eigenvalue weighted by molar-refractivity contribution is 5.67. The molecule has 5 heteroatoms. The Morgan fingerprint density at radius 3 is 2.70 bits per heavy atom. The van der Waals surface area contributed by atoms with Crippen molar-refractivity contribution >= 4 is 6.09 Å². The minimum atomic E-state index is -0.913. The predicted molar refractivity (Wildman–Crippen MR) is 74.2 cm³/mol. The Kier molecular flexibility index (Phi) is 4.98. The summed E-state index contributed by atoms with van der Waals surface area (Å²) in [6.07, 6.45) is 0.529. The lowest BCUT2D eigenvalue weighted by molar-refractivity contribution is -0.0809. The number of hydrogen-bond donors (Lipinski definition) is 2. The highest BCUT2D eigenvalue weighted by Gasteiger charge is 2.36. The summed E-state index contributed by atoms with van der Waals surface area (Å²) in [5.41, 5.74) is 0.0179. The molecule has 0 bridgehead atoms. The molecule has 110 valence electrons. The number of aliphatic hydroxyl groups is 1. The van der Waals surface area contributed by atoms with E-state index in [1.165, 1.54) is 0 Å². The van der Waals surface area contributed by atoms with Gasteiger partial charge in [0.1, 0.15) is 6.61 Å². The molecule has 2 N–H and O–H groups in total. The molecule has 1 amide bonds. The van der Waals surface area contributed by atoms with Crippen LogP contribution in [0.3, 0.4) is 0 Å². The van der Waals surface area contributed by atoms with Crippen molar-refractivity contribution in [2.24, 2.45) is 0 Å². The summed E-state index contributed by atoms with van der Waals surface area (Å²) in [5, 5.41) is 13.1. The Bertz CT molecular complexity index is 429. The van der Waals surface area contributed by atoms with Crippen LogP contribution < -0.4 is 5.32 Å². The van der Waals surface area contributed by atoms with E-state index in [1.54, 1.807) is 6.92 Å². The second kappa shape index (κ2) is 6.72. The summed E-state index contributed by atoms with van der Waals surface area (Å²) in [6, 6.07) is 9.11. The number of alkyl carbamates (subject to hydrolysis) is 1. The number of nitrogens with one attached hydrogen (secondary N) is 1. The average molecular weight is 279 g/mol. The van der Waals surface area contributed by atoms with Crippen molar-refractivity contribution in [2.75, 3.05) is 13.2 Å². The number of ether oxygens (including phenoxy) is 2. The number of carbonyl (C=O) groups is 1. The van der Waals surface area contributed by atoms with Crippen LogP contribution in [0.25, 0.3) is 0 Å². The number of rotatable bonds is 4. The van der Waals surface area contributed by atoms with Gasteiger partial charge in [-0.1, -0.05) is 30.3 Å². The van der Waals surface area contributed by atoms with Crippen LogP contribution in [-0.2, 0) is 16.1 Å². The van der Waals surface area contributed by atoms with E-state index in [4.69, 9.17) is 9.47 Å². The summed E-state index contributed by atoms with van der Waals surface area (Å²) in [6.45, 7) is 3.04. The summed E-state index contributed by atoms with van der Waals surface area (Å²) < 4.78 is 10.4. The zero-order valence-electron chi connectivity index (χ0n) is 11.7. The number of hydrogen-bond acceptors (Lipinski definition) is 4. The van der Waals surface area contributed by atoms with Gasteiger partial charge in [0.15, 0.2) is 0 Å².